The fraction of sp³-hybridized carbons (Fsp3) is 0.111. The van der Waals surface area contributed by atoms with Crippen LogP contribution < -0.4 is 0 Å². The van der Waals surface area contributed by atoms with Crippen LogP contribution in [0.4, 0.5) is 0 Å². The van der Waals surface area contributed by atoms with E-state index in [0.29, 0.717) is 23.7 Å². The van der Waals surface area contributed by atoms with Gasteiger partial charge in [0, 0.05) is 46.9 Å². The molecule has 4 aromatic rings. The second-order valence-electron chi connectivity index (χ2n) is 7.85. The predicted molar refractivity (Wildman–Crippen MR) is 129 cm³/mol. The number of halogens is 1. The first-order valence-electron chi connectivity index (χ1n) is 10.6. The quantitative estimate of drug-likeness (QED) is 0.320. The minimum atomic E-state index is 0.0222. The van der Waals surface area contributed by atoms with Crippen molar-refractivity contribution in [3.05, 3.63) is 112 Å². The standard InChI is InChI=1S/C27H22ClN3O/c28-22-13-11-21(12-14-22)26-24-18-31(16-15-25(24)29-30-26)27(32)23(20-9-5-2-6-10-20)17-19-7-3-1-4-8-19/h1-14,17H,15-16,18H2,(H,29,30)/b23-17-. The fourth-order valence-electron chi connectivity index (χ4n) is 4.09. The van der Waals surface area contributed by atoms with E-state index in [1.54, 1.807) is 0 Å². The molecule has 1 aromatic heterocycles. The second kappa shape index (κ2) is 8.85. The van der Waals surface area contributed by atoms with Crippen LogP contribution in [0.1, 0.15) is 22.4 Å². The monoisotopic (exact) mass is 439 g/mol. The fourth-order valence-corrected chi connectivity index (χ4v) is 4.21. The number of aromatic nitrogens is 2. The molecule has 0 spiro atoms. The molecule has 0 aliphatic carbocycles. The lowest BCUT2D eigenvalue weighted by Gasteiger charge is -2.28. The summed E-state index contributed by atoms with van der Waals surface area (Å²) >= 11 is 6.05. The Balaban J connectivity index is 1.48. The summed E-state index contributed by atoms with van der Waals surface area (Å²) in [6.07, 6.45) is 2.72. The molecule has 1 N–H and O–H groups in total. The van der Waals surface area contributed by atoms with E-state index in [1.807, 2.05) is 95.9 Å². The van der Waals surface area contributed by atoms with E-state index >= 15 is 0 Å². The van der Waals surface area contributed by atoms with Gasteiger partial charge in [-0.1, -0.05) is 84.4 Å². The number of rotatable bonds is 4. The third kappa shape index (κ3) is 4.10. The van der Waals surface area contributed by atoms with Crippen LogP contribution in [0.3, 0.4) is 0 Å². The Morgan fingerprint density at radius 3 is 2.34 bits per heavy atom. The lowest BCUT2D eigenvalue weighted by Crippen LogP contribution is -2.36. The van der Waals surface area contributed by atoms with Crippen LogP contribution in [0.5, 0.6) is 0 Å². The van der Waals surface area contributed by atoms with Crippen LogP contribution >= 0.6 is 11.6 Å². The highest BCUT2D eigenvalue weighted by atomic mass is 35.5. The molecule has 158 valence electrons. The Labute approximate surface area is 192 Å². The maximum absolute atomic E-state index is 13.7. The van der Waals surface area contributed by atoms with Gasteiger partial charge < -0.3 is 4.90 Å². The summed E-state index contributed by atoms with van der Waals surface area (Å²) in [4.78, 5) is 15.7. The van der Waals surface area contributed by atoms with Gasteiger partial charge in [-0.2, -0.15) is 5.10 Å². The molecule has 4 nitrogen and oxygen atoms in total. The molecular weight excluding hydrogens is 418 g/mol. The summed E-state index contributed by atoms with van der Waals surface area (Å²) in [7, 11) is 0. The van der Waals surface area contributed by atoms with Crippen molar-refractivity contribution in [3.63, 3.8) is 0 Å². The van der Waals surface area contributed by atoms with Gasteiger partial charge in [0.05, 0.1) is 5.69 Å². The highest BCUT2D eigenvalue weighted by molar-refractivity contribution is 6.30. The molecule has 0 fully saturated rings. The van der Waals surface area contributed by atoms with Crippen LogP contribution in [-0.4, -0.2) is 27.5 Å². The molecule has 0 radical (unpaired) electrons. The van der Waals surface area contributed by atoms with Gasteiger partial charge in [-0.05, 0) is 29.3 Å². The molecule has 0 atom stereocenters. The second-order valence-corrected chi connectivity index (χ2v) is 8.28. The maximum Gasteiger partial charge on any atom is 0.254 e. The van der Waals surface area contributed by atoms with Gasteiger partial charge in [0.1, 0.15) is 0 Å². The minimum absolute atomic E-state index is 0.0222. The summed E-state index contributed by atoms with van der Waals surface area (Å²) in [5, 5.41) is 8.39. The van der Waals surface area contributed by atoms with Crippen LogP contribution in [-0.2, 0) is 17.8 Å². The average Bonchev–Trinajstić information content (AvgIpc) is 3.27. The summed E-state index contributed by atoms with van der Waals surface area (Å²) in [5.74, 6) is 0.0222. The lowest BCUT2D eigenvalue weighted by atomic mass is 9.98. The number of aromatic amines is 1. The number of nitrogens with one attached hydrogen (secondary N) is 1. The van der Waals surface area contributed by atoms with Gasteiger partial charge in [0.25, 0.3) is 5.91 Å². The van der Waals surface area contributed by atoms with Crippen molar-refractivity contribution < 1.29 is 4.79 Å². The van der Waals surface area contributed by atoms with E-state index in [4.69, 9.17) is 11.6 Å². The number of hydrogen-bond donors (Lipinski definition) is 1. The molecule has 0 bridgehead atoms. The number of benzene rings is 3. The number of nitrogens with zero attached hydrogens (tertiary/aromatic N) is 2. The third-order valence-electron chi connectivity index (χ3n) is 5.76. The first-order valence-corrected chi connectivity index (χ1v) is 11.0. The predicted octanol–water partition coefficient (Wildman–Crippen LogP) is 5.86. The number of H-pyrrole nitrogens is 1. The van der Waals surface area contributed by atoms with Crippen LogP contribution in [0.15, 0.2) is 84.9 Å². The van der Waals surface area contributed by atoms with Gasteiger partial charge >= 0.3 is 0 Å². The number of carbonyl (C=O) groups is 1. The lowest BCUT2D eigenvalue weighted by molar-refractivity contribution is -0.125. The topological polar surface area (TPSA) is 49.0 Å². The Kier molecular flexibility index (Phi) is 5.61. The molecule has 1 aliphatic heterocycles. The van der Waals surface area contributed by atoms with Crippen LogP contribution in [0.25, 0.3) is 22.9 Å². The zero-order chi connectivity index (χ0) is 21.9. The van der Waals surface area contributed by atoms with Gasteiger partial charge in [0.2, 0.25) is 0 Å². The Morgan fingerprint density at radius 2 is 1.62 bits per heavy atom. The largest absolute Gasteiger partial charge is 0.334 e. The molecule has 1 amide bonds. The molecule has 3 aromatic carbocycles. The molecule has 0 saturated heterocycles. The molecule has 32 heavy (non-hydrogen) atoms. The van der Waals surface area contributed by atoms with Crippen molar-refractivity contribution >= 4 is 29.2 Å². The van der Waals surface area contributed by atoms with E-state index < -0.39 is 0 Å². The smallest absolute Gasteiger partial charge is 0.254 e. The summed E-state index contributed by atoms with van der Waals surface area (Å²) in [5.41, 5.74) is 6.63. The molecule has 0 unspecified atom stereocenters. The van der Waals surface area contributed by atoms with Crippen molar-refractivity contribution in [2.24, 2.45) is 0 Å². The van der Waals surface area contributed by atoms with E-state index in [2.05, 4.69) is 10.2 Å². The van der Waals surface area contributed by atoms with Crippen LogP contribution in [0, 0.1) is 0 Å². The Bertz CT molecular complexity index is 1260. The van der Waals surface area contributed by atoms with Crippen molar-refractivity contribution in [2.45, 2.75) is 13.0 Å². The minimum Gasteiger partial charge on any atom is -0.334 e. The number of amides is 1. The normalized spacial score (nSPS) is 13.7. The van der Waals surface area contributed by atoms with E-state index in [0.717, 1.165) is 40.1 Å². The Morgan fingerprint density at radius 1 is 0.938 bits per heavy atom. The molecule has 1 aliphatic rings. The van der Waals surface area contributed by atoms with E-state index in [9.17, 15) is 4.79 Å². The molecule has 5 heteroatoms. The summed E-state index contributed by atoms with van der Waals surface area (Å²) < 4.78 is 0. The van der Waals surface area contributed by atoms with E-state index in [1.165, 1.54) is 0 Å². The van der Waals surface area contributed by atoms with Crippen LogP contribution in [0.2, 0.25) is 5.02 Å². The molecular formula is C27H22ClN3O. The maximum atomic E-state index is 13.7. The van der Waals surface area contributed by atoms with Gasteiger partial charge in [-0.15, -0.1) is 0 Å². The Hall–Kier alpha value is -3.63. The van der Waals surface area contributed by atoms with Crippen molar-refractivity contribution in [3.8, 4) is 11.3 Å². The van der Waals surface area contributed by atoms with Gasteiger partial charge in [-0.25, -0.2) is 0 Å². The van der Waals surface area contributed by atoms with Gasteiger partial charge in [0.15, 0.2) is 0 Å². The zero-order valence-corrected chi connectivity index (χ0v) is 18.2. The number of hydrogen-bond acceptors (Lipinski definition) is 2. The molecule has 2 heterocycles. The zero-order valence-electron chi connectivity index (χ0n) is 17.5. The van der Waals surface area contributed by atoms with Crippen molar-refractivity contribution in [1.82, 2.24) is 15.1 Å². The van der Waals surface area contributed by atoms with Gasteiger partial charge in [-0.3, -0.25) is 9.89 Å². The average molecular weight is 440 g/mol. The summed E-state index contributed by atoms with van der Waals surface area (Å²) in [6, 6.07) is 27.5. The third-order valence-corrected chi connectivity index (χ3v) is 6.02. The number of fused-ring (bicyclic) bond motifs is 1. The highest BCUT2D eigenvalue weighted by Gasteiger charge is 2.28. The summed E-state index contributed by atoms with van der Waals surface area (Å²) in [6.45, 7) is 1.16. The highest BCUT2D eigenvalue weighted by Crippen LogP contribution is 2.31. The number of carbonyl (C=O) groups excluding carboxylic acids is 1. The molecule has 5 rings (SSSR count). The first kappa shape index (κ1) is 20.3. The van der Waals surface area contributed by atoms with Crippen molar-refractivity contribution in [1.29, 1.82) is 0 Å². The SMILES string of the molecule is O=C(/C(=C\c1ccccc1)c1ccccc1)N1CCc2[nH]nc(-c3ccc(Cl)cc3)c2C1. The van der Waals surface area contributed by atoms with Crippen molar-refractivity contribution in [2.75, 3.05) is 6.54 Å². The first-order chi connectivity index (χ1) is 15.7. The molecule has 0 saturated carbocycles. The van der Waals surface area contributed by atoms with E-state index in [-0.39, 0.29) is 5.91 Å².